The highest BCUT2D eigenvalue weighted by Crippen LogP contribution is 2.37. The first kappa shape index (κ1) is 18.1. The van der Waals surface area contributed by atoms with Gasteiger partial charge in [0.25, 0.3) is 0 Å². The van der Waals surface area contributed by atoms with Gasteiger partial charge in [0.2, 0.25) is 0 Å². The summed E-state index contributed by atoms with van der Waals surface area (Å²) in [4.78, 5) is 16.8. The van der Waals surface area contributed by atoms with E-state index in [9.17, 15) is 4.79 Å². The lowest BCUT2D eigenvalue weighted by molar-refractivity contribution is 0.0929. The van der Waals surface area contributed by atoms with Gasteiger partial charge in [-0.05, 0) is 68.0 Å². The largest absolute Gasteiger partial charge is 0.483 e. The highest BCUT2D eigenvalue weighted by atomic mass is 16.5. The molecule has 3 heterocycles. The minimum atomic E-state index is -0.417. The number of amides is 1. The molecule has 0 atom stereocenters. The number of hydrogen-bond donors (Lipinski definition) is 1. The van der Waals surface area contributed by atoms with Crippen molar-refractivity contribution >= 4 is 40.1 Å². The smallest absolute Gasteiger partial charge is 0.307 e. The number of hydrazone groups is 1. The lowest BCUT2D eigenvalue weighted by atomic mass is 10.0. The van der Waals surface area contributed by atoms with Crippen molar-refractivity contribution in [2.45, 2.75) is 19.4 Å². The van der Waals surface area contributed by atoms with Crippen LogP contribution < -0.4 is 10.2 Å². The molecule has 0 spiro atoms. The number of furan rings is 1. The van der Waals surface area contributed by atoms with Gasteiger partial charge in [-0.2, -0.15) is 5.10 Å². The van der Waals surface area contributed by atoms with E-state index < -0.39 is 5.91 Å². The van der Waals surface area contributed by atoms with Crippen molar-refractivity contribution in [1.82, 2.24) is 10.4 Å². The average molecular weight is 397 g/mol. The van der Waals surface area contributed by atoms with E-state index in [0.29, 0.717) is 5.58 Å². The number of pyridine rings is 1. The molecule has 4 aromatic rings. The van der Waals surface area contributed by atoms with Gasteiger partial charge in [0, 0.05) is 17.0 Å². The molecule has 148 valence electrons. The van der Waals surface area contributed by atoms with Gasteiger partial charge in [-0.25, -0.2) is 5.43 Å². The number of nitrogens with zero attached hydrogens (tertiary/aromatic N) is 2. The summed E-state index contributed by atoms with van der Waals surface area (Å²) in [6, 6.07) is 15.1. The summed E-state index contributed by atoms with van der Waals surface area (Å²) in [5, 5.41) is 5.90. The Morgan fingerprint density at radius 2 is 2.03 bits per heavy atom. The van der Waals surface area contributed by atoms with E-state index in [1.165, 1.54) is 0 Å². The second-order valence-corrected chi connectivity index (χ2v) is 7.70. The second kappa shape index (κ2) is 6.84. The number of aromatic nitrogens is 1. The first-order valence-corrected chi connectivity index (χ1v) is 9.62. The van der Waals surface area contributed by atoms with E-state index in [2.05, 4.69) is 15.5 Å². The average Bonchev–Trinajstić information content (AvgIpc) is 3.17. The molecular formula is C24H19N3O3. The Bertz CT molecular complexity index is 1350. The third-order valence-corrected chi connectivity index (χ3v) is 4.94. The zero-order valence-electron chi connectivity index (χ0n) is 16.5. The van der Waals surface area contributed by atoms with Crippen molar-refractivity contribution in [3.63, 3.8) is 0 Å². The molecule has 6 heteroatoms. The first-order chi connectivity index (χ1) is 14.5. The van der Waals surface area contributed by atoms with E-state index in [-0.39, 0.29) is 11.4 Å². The molecule has 1 N–H and O–H groups in total. The van der Waals surface area contributed by atoms with Crippen LogP contribution in [-0.2, 0) is 0 Å². The fourth-order valence-corrected chi connectivity index (χ4v) is 3.46. The molecule has 2 aromatic carbocycles. The minimum Gasteiger partial charge on any atom is -0.483 e. The van der Waals surface area contributed by atoms with Crippen LogP contribution in [-0.4, -0.2) is 22.7 Å². The predicted molar refractivity (Wildman–Crippen MR) is 117 cm³/mol. The summed E-state index contributed by atoms with van der Waals surface area (Å²) < 4.78 is 11.8. The fourth-order valence-electron chi connectivity index (χ4n) is 3.46. The molecule has 30 heavy (non-hydrogen) atoms. The molecule has 1 amide bonds. The Hall–Kier alpha value is -3.93. The summed E-state index contributed by atoms with van der Waals surface area (Å²) in [7, 11) is 0. The number of nitrogens with one attached hydrogen (secondary N) is 1. The van der Waals surface area contributed by atoms with Crippen LogP contribution in [0, 0.1) is 0 Å². The normalized spacial score (nSPS) is 14.7. The standard InChI is InChI=1S/C24H19N3O3/c1-24(2)10-9-18-20(30-24)8-6-17-13-21(29-22(17)18)23(28)27-26-14-15-5-7-19-16(12-15)4-3-11-25-19/h3-14H,1-2H3,(H,27,28)/b26-14+. The van der Waals surface area contributed by atoms with E-state index in [1.807, 2.05) is 68.5 Å². The Labute approximate surface area is 172 Å². The van der Waals surface area contributed by atoms with E-state index in [1.54, 1.807) is 18.5 Å². The summed E-state index contributed by atoms with van der Waals surface area (Å²) in [5.74, 6) is 0.510. The summed E-state index contributed by atoms with van der Waals surface area (Å²) in [5.41, 5.74) is 5.37. The molecule has 1 aliphatic rings. The Morgan fingerprint density at radius 3 is 2.93 bits per heavy atom. The van der Waals surface area contributed by atoms with Gasteiger partial charge in [-0.15, -0.1) is 0 Å². The van der Waals surface area contributed by atoms with Gasteiger partial charge >= 0.3 is 5.91 Å². The number of ether oxygens (including phenoxy) is 1. The van der Waals surface area contributed by atoms with Crippen molar-refractivity contribution in [2.75, 3.05) is 0 Å². The number of carbonyl (C=O) groups is 1. The maximum atomic E-state index is 12.5. The van der Waals surface area contributed by atoms with Crippen LogP contribution >= 0.6 is 0 Å². The molecule has 5 rings (SSSR count). The van der Waals surface area contributed by atoms with Crippen LogP contribution in [0.15, 0.2) is 70.3 Å². The summed E-state index contributed by atoms with van der Waals surface area (Å²) >= 11 is 0. The van der Waals surface area contributed by atoms with E-state index >= 15 is 0 Å². The molecule has 0 saturated carbocycles. The lowest BCUT2D eigenvalue weighted by Crippen LogP contribution is -2.27. The second-order valence-electron chi connectivity index (χ2n) is 7.70. The molecule has 0 aliphatic carbocycles. The molecule has 6 nitrogen and oxygen atoms in total. The number of rotatable bonds is 3. The van der Waals surface area contributed by atoms with E-state index in [0.717, 1.165) is 33.2 Å². The van der Waals surface area contributed by atoms with Gasteiger partial charge in [0.1, 0.15) is 16.9 Å². The third-order valence-electron chi connectivity index (χ3n) is 4.94. The monoisotopic (exact) mass is 397 g/mol. The van der Waals surface area contributed by atoms with Crippen molar-refractivity contribution in [3.8, 4) is 5.75 Å². The maximum absolute atomic E-state index is 12.5. The van der Waals surface area contributed by atoms with Crippen LogP contribution in [0.2, 0.25) is 0 Å². The molecule has 0 fully saturated rings. The van der Waals surface area contributed by atoms with Crippen molar-refractivity contribution in [2.24, 2.45) is 5.10 Å². The molecule has 0 saturated heterocycles. The zero-order valence-corrected chi connectivity index (χ0v) is 16.5. The zero-order chi connectivity index (χ0) is 20.7. The lowest BCUT2D eigenvalue weighted by Gasteiger charge is -2.27. The molecule has 0 unspecified atom stereocenters. The predicted octanol–water partition coefficient (Wildman–Crippen LogP) is 4.93. The highest BCUT2D eigenvalue weighted by molar-refractivity contribution is 5.99. The van der Waals surface area contributed by atoms with Crippen LogP contribution in [0.3, 0.4) is 0 Å². The number of carbonyl (C=O) groups excluding carboxylic acids is 1. The fraction of sp³-hybridized carbons (Fsp3) is 0.125. The SMILES string of the molecule is CC1(C)C=Cc2c(ccc3cc(C(=O)N/N=C/c4ccc5ncccc5c4)oc23)O1. The summed E-state index contributed by atoms with van der Waals surface area (Å²) in [6.07, 6.45) is 7.29. The molecular weight excluding hydrogens is 378 g/mol. The Balaban J connectivity index is 1.36. The molecule has 1 aliphatic heterocycles. The first-order valence-electron chi connectivity index (χ1n) is 9.62. The number of benzene rings is 2. The van der Waals surface area contributed by atoms with Crippen molar-refractivity contribution < 1.29 is 13.9 Å². The minimum absolute atomic E-state index is 0.191. The molecule has 2 aromatic heterocycles. The van der Waals surface area contributed by atoms with Crippen molar-refractivity contribution in [3.05, 3.63) is 77.7 Å². The van der Waals surface area contributed by atoms with Gasteiger partial charge in [-0.1, -0.05) is 12.1 Å². The van der Waals surface area contributed by atoms with Crippen LogP contribution in [0.4, 0.5) is 0 Å². The maximum Gasteiger partial charge on any atom is 0.307 e. The van der Waals surface area contributed by atoms with Crippen molar-refractivity contribution in [1.29, 1.82) is 0 Å². The Kier molecular flexibility index (Phi) is 4.13. The highest BCUT2D eigenvalue weighted by Gasteiger charge is 2.24. The van der Waals surface area contributed by atoms with Crippen LogP contribution in [0.1, 0.15) is 35.5 Å². The quantitative estimate of drug-likeness (QED) is 0.393. The van der Waals surface area contributed by atoms with Crippen LogP contribution in [0.5, 0.6) is 5.75 Å². The number of fused-ring (bicyclic) bond motifs is 4. The molecule has 0 bridgehead atoms. The van der Waals surface area contributed by atoms with Gasteiger partial charge in [0.05, 0.1) is 17.3 Å². The van der Waals surface area contributed by atoms with Crippen LogP contribution in [0.25, 0.3) is 27.9 Å². The topological polar surface area (TPSA) is 76.7 Å². The summed E-state index contributed by atoms with van der Waals surface area (Å²) in [6.45, 7) is 3.98. The van der Waals surface area contributed by atoms with Gasteiger partial charge in [0.15, 0.2) is 5.76 Å². The van der Waals surface area contributed by atoms with E-state index in [4.69, 9.17) is 9.15 Å². The number of hydrogen-bond acceptors (Lipinski definition) is 5. The Morgan fingerprint density at radius 1 is 1.13 bits per heavy atom. The van der Waals surface area contributed by atoms with Gasteiger partial charge in [-0.3, -0.25) is 9.78 Å². The third kappa shape index (κ3) is 3.33. The molecule has 0 radical (unpaired) electrons. The van der Waals surface area contributed by atoms with Gasteiger partial charge < -0.3 is 9.15 Å².